The molecular weight excluding hydrogens is 739 g/mol. The quantitative estimate of drug-likeness (QED) is 0.166. The Morgan fingerprint density at radius 1 is 0.745 bits per heavy atom. The number of carbonyl (C=O) groups is 3. The van der Waals surface area contributed by atoms with E-state index in [2.05, 4.69) is 20.8 Å². The molecule has 0 aromatic carbocycles. The second-order valence-electron chi connectivity index (χ2n) is 17.7. The zero-order chi connectivity index (χ0) is 38.1. The molecule has 0 bridgehead atoms. The van der Waals surface area contributed by atoms with E-state index in [4.69, 9.17) is 14.2 Å². The second-order valence-corrected chi connectivity index (χ2v) is 17.7. The van der Waals surface area contributed by atoms with Gasteiger partial charge < -0.3 is 48.8 Å². The molecule has 306 valence electrons. The smallest absolute Gasteiger partial charge is 0.372 e. The first kappa shape index (κ1) is 44.6. The van der Waals surface area contributed by atoms with Crippen LogP contribution < -0.4 is 43.7 Å². The van der Waals surface area contributed by atoms with Gasteiger partial charge in [-0.1, -0.05) is 20.8 Å². The van der Waals surface area contributed by atoms with E-state index in [9.17, 15) is 14.4 Å². The molecule has 10 nitrogen and oxygen atoms in total. The van der Waals surface area contributed by atoms with Gasteiger partial charge in [0.1, 0.15) is 12.2 Å². The van der Waals surface area contributed by atoms with Crippen molar-refractivity contribution in [2.45, 2.75) is 110 Å². The van der Waals surface area contributed by atoms with Crippen molar-refractivity contribution in [2.75, 3.05) is 45.1 Å². The van der Waals surface area contributed by atoms with Crippen LogP contribution in [-0.2, 0) is 41.7 Å². The van der Waals surface area contributed by atoms with Crippen LogP contribution in [0, 0.1) is 46.3 Å². The molecule has 2 heterocycles. The van der Waals surface area contributed by atoms with Crippen LogP contribution in [-0.4, -0.2) is 65.4 Å². The topological polar surface area (TPSA) is 93.1 Å². The molecule has 6 rings (SSSR count). The first-order chi connectivity index (χ1) is 25.2. The minimum Gasteiger partial charge on any atom is -1.00 e. The normalized spacial score (nSPS) is 31.2. The van der Waals surface area contributed by atoms with Crippen molar-refractivity contribution in [3.05, 3.63) is 49.1 Å². The van der Waals surface area contributed by atoms with Gasteiger partial charge in [-0.25, -0.2) is 9.59 Å². The number of carbonyl (C=O) groups excluding carboxylic acids is 3. The molecule has 12 heteroatoms. The highest BCUT2D eigenvalue weighted by molar-refractivity contribution is 5.69. The van der Waals surface area contributed by atoms with Crippen LogP contribution in [0.2, 0.25) is 0 Å². The molecule has 0 saturated heterocycles. The average molecular weight is 804 g/mol. The molecule has 10 atom stereocenters. The highest BCUT2D eigenvalue weighted by Gasteiger charge is 2.64. The minimum absolute atomic E-state index is 0. The maximum absolute atomic E-state index is 13.8. The van der Waals surface area contributed by atoms with Crippen LogP contribution in [0.1, 0.15) is 85.0 Å². The highest BCUT2D eigenvalue weighted by atomic mass is 35.5. The largest absolute Gasteiger partial charge is 1.00 e. The monoisotopic (exact) mass is 802 g/mol. The Hall–Kier alpha value is -3.11. The third kappa shape index (κ3) is 9.54. The van der Waals surface area contributed by atoms with Gasteiger partial charge in [0, 0.05) is 76.2 Å². The van der Waals surface area contributed by atoms with Crippen molar-refractivity contribution in [2.24, 2.45) is 46.3 Å². The van der Waals surface area contributed by atoms with Gasteiger partial charge >= 0.3 is 17.9 Å². The molecule has 4 aliphatic carbocycles. The van der Waals surface area contributed by atoms with E-state index in [0.29, 0.717) is 41.9 Å². The maximum Gasteiger partial charge on any atom is 0.372 e. The molecule has 0 aliphatic heterocycles. The van der Waals surface area contributed by atoms with Crippen molar-refractivity contribution in [1.82, 2.24) is 0 Å². The molecule has 0 radical (unpaired) electrons. The van der Waals surface area contributed by atoms with E-state index in [1.54, 1.807) is 0 Å². The molecule has 4 aliphatic rings. The van der Waals surface area contributed by atoms with E-state index in [-0.39, 0.29) is 78.8 Å². The first-order valence-corrected chi connectivity index (χ1v) is 20.0. The molecule has 4 saturated carbocycles. The number of hydrogen-bond donors (Lipinski definition) is 0. The Labute approximate surface area is 341 Å². The number of fused-ring (bicyclic) bond motifs is 5. The molecule has 2 aromatic heterocycles. The van der Waals surface area contributed by atoms with Crippen LogP contribution in [0.15, 0.2) is 49.1 Å². The van der Waals surface area contributed by atoms with Gasteiger partial charge in [-0.05, 0) is 98.2 Å². The van der Waals surface area contributed by atoms with Crippen molar-refractivity contribution >= 4 is 29.3 Å². The lowest BCUT2D eigenvalue weighted by molar-refractivity contribution is -0.686. The standard InChI is InChI=1S/C43H64N4O6.2ClH/c1-29(9-12-38(48)51-8)34-10-11-35-41-36(14-20-43(34,35)3)42(2)19-13-33(52-39(49)27-46-21-15-31(16-22-46)44(4)5)25-30(42)26-37(41)53-40(50)28-47-23-17-32(18-24-47)45(6)7;;/h15-18,21-24,29-30,33-37,41H,9-14,19-20,25-28H2,1-8H3;2*1H/q+2;;/p-2/t29-,30+,33-,34-,35+,36+,37-,41+,42+,43-;;/m1../s1. The van der Waals surface area contributed by atoms with Gasteiger partial charge in [0.2, 0.25) is 13.1 Å². The Morgan fingerprint density at radius 3 is 1.82 bits per heavy atom. The van der Waals surface area contributed by atoms with Crippen LogP contribution in [0.3, 0.4) is 0 Å². The summed E-state index contributed by atoms with van der Waals surface area (Å²) in [6.45, 7) is 7.67. The van der Waals surface area contributed by atoms with Crippen molar-refractivity contribution < 1.29 is 62.5 Å². The summed E-state index contributed by atoms with van der Waals surface area (Å²) < 4.78 is 21.6. The van der Waals surface area contributed by atoms with Gasteiger partial charge in [-0.2, -0.15) is 9.13 Å². The number of halogens is 2. The van der Waals surface area contributed by atoms with Gasteiger partial charge in [0.25, 0.3) is 0 Å². The number of pyridine rings is 2. The van der Waals surface area contributed by atoms with Crippen molar-refractivity contribution in [3.8, 4) is 0 Å². The zero-order valence-corrected chi connectivity index (χ0v) is 35.7. The molecule has 2 aromatic rings. The molecule has 4 fully saturated rings. The summed E-state index contributed by atoms with van der Waals surface area (Å²) in [4.78, 5) is 43.2. The number of aromatic nitrogens is 2. The predicted molar refractivity (Wildman–Crippen MR) is 203 cm³/mol. The number of methoxy groups -OCH3 is 1. The number of hydrogen-bond acceptors (Lipinski definition) is 8. The fraction of sp³-hybridized carbons (Fsp3) is 0.698. The summed E-state index contributed by atoms with van der Waals surface area (Å²) >= 11 is 0. The van der Waals surface area contributed by atoms with Crippen LogP contribution in [0.4, 0.5) is 11.4 Å². The fourth-order valence-corrected chi connectivity index (χ4v) is 11.4. The summed E-state index contributed by atoms with van der Waals surface area (Å²) in [5.74, 6) is 1.91. The lowest BCUT2D eigenvalue weighted by Gasteiger charge is -2.62. The highest BCUT2D eigenvalue weighted by Crippen LogP contribution is 2.69. The SMILES string of the molecule is COC(=O)CC[C@@H](C)[C@H]1CC[C@H]2[C@@H]3[C@H](OC(=O)C[n+]4ccc(N(C)C)cc4)C[C@@H]4C[C@H](OC(=O)C[n+]5ccc(N(C)C)cc5)CC[C@]4(C)[C@H]3CC[C@]12C.[Cl-].[Cl-]. The fourth-order valence-electron chi connectivity index (χ4n) is 11.4. The van der Waals surface area contributed by atoms with Gasteiger partial charge in [0.05, 0.1) is 7.11 Å². The Kier molecular flexibility index (Phi) is 15.0. The molecule has 0 amide bonds. The van der Waals surface area contributed by atoms with E-state index < -0.39 is 0 Å². The van der Waals surface area contributed by atoms with Crippen LogP contribution >= 0.6 is 0 Å². The number of ether oxygens (including phenoxy) is 3. The summed E-state index contributed by atoms with van der Waals surface area (Å²) in [6.07, 6.45) is 16.8. The van der Waals surface area contributed by atoms with Gasteiger partial charge in [-0.15, -0.1) is 0 Å². The van der Waals surface area contributed by atoms with Crippen molar-refractivity contribution in [1.29, 1.82) is 0 Å². The first-order valence-electron chi connectivity index (χ1n) is 20.0. The third-order valence-corrected chi connectivity index (χ3v) is 14.4. The molecular formula is C43H64Cl2N4O6. The van der Waals surface area contributed by atoms with Gasteiger partial charge in [-0.3, -0.25) is 4.79 Å². The molecule has 0 unspecified atom stereocenters. The summed E-state index contributed by atoms with van der Waals surface area (Å²) in [7, 11) is 9.48. The van der Waals surface area contributed by atoms with E-state index >= 15 is 0 Å². The van der Waals surface area contributed by atoms with E-state index in [0.717, 1.165) is 69.2 Å². The Morgan fingerprint density at radius 2 is 1.27 bits per heavy atom. The minimum atomic E-state index is -0.207. The maximum atomic E-state index is 13.8. The van der Waals surface area contributed by atoms with Gasteiger partial charge in [0.15, 0.2) is 24.8 Å². The lowest BCUT2D eigenvalue weighted by atomic mass is 9.43. The average Bonchev–Trinajstić information content (AvgIpc) is 3.48. The number of esters is 3. The molecule has 55 heavy (non-hydrogen) atoms. The van der Waals surface area contributed by atoms with Crippen LogP contribution in [0.5, 0.6) is 0 Å². The van der Waals surface area contributed by atoms with Crippen molar-refractivity contribution in [3.63, 3.8) is 0 Å². The lowest BCUT2D eigenvalue weighted by Crippen LogP contribution is -3.00. The Bertz CT molecular complexity index is 1610. The Balaban J connectivity index is 0.00000336. The number of nitrogens with zero attached hydrogens (tertiary/aromatic N) is 4. The van der Waals surface area contributed by atoms with Crippen LogP contribution in [0.25, 0.3) is 0 Å². The second kappa shape index (κ2) is 18.4. The summed E-state index contributed by atoms with van der Waals surface area (Å²) in [6, 6.07) is 8.04. The zero-order valence-electron chi connectivity index (χ0n) is 34.2. The summed E-state index contributed by atoms with van der Waals surface area (Å²) in [5, 5.41) is 0. The molecule has 0 N–H and O–H groups in total. The number of rotatable bonds is 12. The predicted octanol–water partition coefficient (Wildman–Crippen LogP) is -0.216. The van der Waals surface area contributed by atoms with E-state index in [1.807, 2.05) is 96.2 Å². The molecule has 0 spiro atoms. The third-order valence-electron chi connectivity index (χ3n) is 14.4. The van der Waals surface area contributed by atoms with E-state index in [1.165, 1.54) is 7.11 Å². The summed E-state index contributed by atoms with van der Waals surface area (Å²) in [5.41, 5.74) is 2.39. The number of anilines is 2.